The second-order valence-corrected chi connectivity index (χ2v) is 5.68. The molecule has 0 unspecified atom stereocenters. The van der Waals surface area contributed by atoms with Gasteiger partial charge in [-0.2, -0.15) is 0 Å². The number of amides is 2. The van der Waals surface area contributed by atoms with Gasteiger partial charge in [0.1, 0.15) is 5.69 Å². The van der Waals surface area contributed by atoms with Crippen molar-refractivity contribution in [1.29, 1.82) is 0 Å². The average Bonchev–Trinajstić information content (AvgIpc) is 3.18. The highest BCUT2D eigenvalue weighted by atomic mass is 16.2. The van der Waals surface area contributed by atoms with Crippen LogP contribution in [0.2, 0.25) is 0 Å². The van der Waals surface area contributed by atoms with E-state index >= 15 is 0 Å². The number of carbonyl (C=O) groups excluding carboxylic acids is 2. The lowest BCUT2D eigenvalue weighted by atomic mass is 10.1. The highest BCUT2D eigenvalue weighted by molar-refractivity contribution is 5.92. The summed E-state index contributed by atoms with van der Waals surface area (Å²) in [5, 5.41) is 0. The van der Waals surface area contributed by atoms with E-state index in [1.54, 1.807) is 12.3 Å². The van der Waals surface area contributed by atoms with Gasteiger partial charge in [-0.05, 0) is 25.0 Å². The van der Waals surface area contributed by atoms with Crippen molar-refractivity contribution in [2.45, 2.75) is 25.7 Å². The zero-order chi connectivity index (χ0) is 13.9. The van der Waals surface area contributed by atoms with Crippen molar-refractivity contribution in [1.82, 2.24) is 14.8 Å². The van der Waals surface area contributed by atoms with Gasteiger partial charge in [-0.15, -0.1) is 0 Å². The van der Waals surface area contributed by atoms with Crippen LogP contribution in [0.5, 0.6) is 0 Å². The van der Waals surface area contributed by atoms with Crippen LogP contribution in [0.25, 0.3) is 0 Å². The Morgan fingerprint density at radius 1 is 1.05 bits per heavy atom. The number of aromatic amines is 1. The number of aromatic nitrogens is 1. The standard InChI is InChI=1S/C15H21N3O2/c19-14(12-4-1-2-5-12)17-8-10-18(11-9-17)15(20)13-6-3-7-16-13/h3,6-7,12,16H,1-2,4-5,8-11H2. The number of piperazine rings is 1. The zero-order valence-corrected chi connectivity index (χ0v) is 11.7. The average molecular weight is 275 g/mol. The predicted molar refractivity (Wildman–Crippen MR) is 75.2 cm³/mol. The first-order chi connectivity index (χ1) is 9.75. The Hall–Kier alpha value is -1.78. The van der Waals surface area contributed by atoms with Crippen molar-refractivity contribution in [3.05, 3.63) is 24.0 Å². The van der Waals surface area contributed by atoms with Gasteiger partial charge in [0.15, 0.2) is 0 Å². The smallest absolute Gasteiger partial charge is 0.270 e. The summed E-state index contributed by atoms with van der Waals surface area (Å²) in [4.78, 5) is 31.2. The van der Waals surface area contributed by atoms with Crippen LogP contribution in [-0.4, -0.2) is 52.8 Å². The van der Waals surface area contributed by atoms with Crippen LogP contribution >= 0.6 is 0 Å². The molecular formula is C15H21N3O2. The summed E-state index contributed by atoms with van der Waals surface area (Å²) in [6.07, 6.45) is 6.21. The molecule has 5 nitrogen and oxygen atoms in total. The van der Waals surface area contributed by atoms with Crippen LogP contribution in [0.1, 0.15) is 36.2 Å². The topological polar surface area (TPSA) is 56.4 Å². The highest BCUT2D eigenvalue weighted by Gasteiger charge is 2.30. The summed E-state index contributed by atoms with van der Waals surface area (Å²) in [5.74, 6) is 0.568. The fourth-order valence-electron chi connectivity index (χ4n) is 3.19. The minimum Gasteiger partial charge on any atom is -0.357 e. The molecule has 2 aliphatic rings. The Kier molecular flexibility index (Phi) is 3.76. The van der Waals surface area contributed by atoms with Gasteiger partial charge in [-0.1, -0.05) is 12.8 Å². The molecule has 108 valence electrons. The lowest BCUT2D eigenvalue weighted by molar-refractivity contribution is -0.136. The van der Waals surface area contributed by atoms with E-state index in [0.29, 0.717) is 37.8 Å². The minimum atomic E-state index is 0.0305. The summed E-state index contributed by atoms with van der Waals surface area (Å²) in [6, 6.07) is 3.62. The second-order valence-electron chi connectivity index (χ2n) is 5.68. The molecule has 1 N–H and O–H groups in total. The van der Waals surface area contributed by atoms with Gasteiger partial charge < -0.3 is 14.8 Å². The molecule has 0 aromatic carbocycles. The fourth-order valence-corrected chi connectivity index (χ4v) is 3.19. The second kappa shape index (κ2) is 5.69. The van der Waals surface area contributed by atoms with Crippen LogP contribution in [0.3, 0.4) is 0 Å². The maximum absolute atomic E-state index is 12.3. The van der Waals surface area contributed by atoms with Gasteiger partial charge in [-0.3, -0.25) is 9.59 Å². The van der Waals surface area contributed by atoms with E-state index in [0.717, 1.165) is 12.8 Å². The fraction of sp³-hybridized carbons (Fsp3) is 0.600. The van der Waals surface area contributed by atoms with Crippen molar-refractivity contribution in [3.63, 3.8) is 0 Å². The zero-order valence-electron chi connectivity index (χ0n) is 11.7. The molecule has 2 fully saturated rings. The molecule has 1 saturated carbocycles. The maximum Gasteiger partial charge on any atom is 0.270 e. The molecule has 0 spiro atoms. The molecule has 20 heavy (non-hydrogen) atoms. The largest absolute Gasteiger partial charge is 0.357 e. The van der Waals surface area contributed by atoms with Gasteiger partial charge >= 0.3 is 0 Å². The molecule has 5 heteroatoms. The molecule has 0 bridgehead atoms. The first kappa shape index (κ1) is 13.2. The monoisotopic (exact) mass is 275 g/mol. The van der Waals surface area contributed by atoms with Crippen molar-refractivity contribution in [2.24, 2.45) is 5.92 Å². The molecule has 1 aliphatic heterocycles. The van der Waals surface area contributed by atoms with Crippen molar-refractivity contribution in [2.75, 3.05) is 26.2 Å². The van der Waals surface area contributed by atoms with E-state index in [-0.39, 0.29) is 11.8 Å². The number of carbonyl (C=O) groups is 2. The van der Waals surface area contributed by atoms with Crippen LogP contribution < -0.4 is 0 Å². The normalized spacial score (nSPS) is 20.4. The molecule has 1 saturated heterocycles. The lowest BCUT2D eigenvalue weighted by Crippen LogP contribution is -2.51. The Bertz CT molecular complexity index is 469. The Morgan fingerprint density at radius 2 is 1.70 bits per heavy atom. The molecule has 2 amide bonds. The number of H-pyrrole nitrogens is 1. The van der Waals surface area contributed by atoms with Gasteiger partial charge in [0.05, 0.1) is 0 Å². The SMILES string of the molecule is O=C(c1ccc[nH]1)N1CCN(C(=O)C2CCCC2)CC1. The molecule has 2 heterocycles. The molecule has 1 aliphatic carbocycles. The molecule has 3 rings (SSSR count). The van der Waals surface area contributed by atoms with Crippen molar-refractivity contribution in [3.8, 4) is 0 Å². The van der Waals surface area contributed by atoms with E-state index in [9.17, 15) is 9.59 Å². The van der Waals surface area contributed by atoms with Crippen molar-refractivity contribution >= 4 is 11.8 Å². The molecule has 1 aromatic heterocycles. The number of nitrogens with zero attached hydrogens (tertiary/aromatic N) is 2. The van der Waals surface area contributed by atoms with Gasteiger partial charge in [0.2, 0.25) is 5.91 Å². The maximum atomic E-state index is 12.3. The summed E-state index contributed by atoms with van der Waals surface area (Å²) in [6.45, 7) is 2.61. The van der Waals surface area contributed by atoms with Gasteiger partial charge in [-0.25, -0.2) is 0 Å². The predicted octanol–water partition coefficient (Wildman–Crippen LogP) is 1.49. The molecular weight excluding hydrogens is 254 g/mol. The van der Waals surface area contributed by atoms with Gasteiger partial charge in [0.25, 0.3) is 5.91 Å². The van der Waals surface area contributed by atoms with Crippen LogP contribution in [0.15, 0.2) is 18.3 Å². The highest BCUT2D eigenvalue weighted by Crippen LogP contribution is 2.27. The summed E-state index contributed by atoms with van der Waals surface area (Å²) in [7, 11) is 0. The summed E-state index contributed by atoms with van der Waals surface area (Å²) >= 11 is 0. The van der Waals surface area contributed by atoms with Gasteiger partial charge in [0, 0.05) is 38.3 Å². The van der Waals surface area contributed by atoms with E-state index in [1.807, 2.05) is 15.9 Å². The Balaban J connectivity index is 1.54. The van der Waals surface area contributed by atoms with Crippen LogP contribution in [0.4, 0.5) is 0 Å². The minimum absolute atomic E-state index is 0.0305. The van der Waals surface area contributed by atoms with Crippen LogP contribution in [0, 0.1) is 5.92 Å². The summed E-state index contributed by atoms with van der Waals surface area (Å²) < 4.78 is 0. The third-order valence-corrected chi connectivity index (χ3v) is 4.41. The molecule has 0 radical (unpaired) electrons. The molecule has 1 aromatic rings. The number of hydrogen-bond donors (Lipinski definition) is 1. The number of hydrogen-bond acceptors (Lipinski definition) is 2. The first-order valence-corrected chi connectivity index (χ1v) is 7.47. The first-order valence-electron chi connectivity index (χ1n) is 7.47. The third-order valence-electron chi connectivity index (χ3n) is 4.41. The van der Waals surface area contributed by atoms with Crippen LogP contribution in [-0.2, 0) is 4.79 Å². The number of rotatable bonds is 2. The Morgan fingerprint density at radius 3 is 2.30 bits per heavy atom. The van der Waals surface area contributed by atoms with E-state index in [4.69, 9.17) is 0 Å². The summed E-state index contributed by atoms with van der Waals surface area (Å²) in [5.41, 5.74) is 0.626. The van der Waals surface area contributed by atoms with E-state index in [2.05, 4.69) is 4.98 Å². The lowest BCUT2D eigenvalue weighted by Gasteiger charge is -2.35. The molecule has 0 atom stereocenters. The van der Waals surface area contributed by atoms with E-state index in [1.165, 1.54) is 12.8 Å². The quantitative estimate of drug-likeness (QED) is 0.889. The number of nitrogens with one attached hydrogen (secondary N) is 1. The third kappa shape index (κ3) is 2.57. The van der Waals surface area contributed by atoms with E-state index < -0.39 is 0 Å². The van der Waals surface area contributed by atoms with Crippen molar-refractivity contribution < 1.29 is 9.59 Å². The Labute approximate surface area is 118 Å².